The van der Waals surface area contributed by atoms with Crippen LogP contribution in [-0.4, -0.2) is 10.8 Å². The number of ketones is 1. The molecule has 4 heteroatoms. The van der Waals surface area contributed by atoms with Crippen molar-refractivity contribution in [1.29, 1.82) is 0 Å². The summed E-state index contributed by atoms with van der Waals surface area (Å²) in [6.45, 7) is 1.89. The van der Waals surface area contributed by atoms with Crippen molar-refractivity contribution in [2.45, 2.75) is 13.3 Å². The third-order valence-corrected chi connectivity index (χ3v) is 2.62. The van der Waals surface area contributed by atoms with Crippen LogP contribution < -0.4 is 0 Å². The van der Waals surface area contributed by atoms with Crippen molar-refractivity contribution in [3.05, 3.63) is 40.2 Å². The summed E-state index contributed by atoms with van der Waals surface area (Å²) in [5.74, 6) is 0.0377. The van der Waals surface area contributed by atoms with Gasteiger partial charge in [-0.3, -0.25) is 4.79 Å². The number of furan rings is 1. The maximum absolute atomic E-state index is 11.6. The molecule has 0 atom stereocenters. The van der Waals surface area contributed by atoms with Crippen LogP contribution >= 0.6 is 11.3 Å². The van der Waals surface area contributed by atoms with Crippen LogP contribution in [0.5, 0.6) is 0 Å². The Labute approximate surface area is 85.4 Å². The van der Waals surface area contributed by atoms with Gasteiger partial charge in [-0.2, -0.15) is 0 Å². The first-order valence-electron chi connectivity index (χ1n) is 4.22. The molecule has 0 amide bonds. The van der Waals surface area contributed by atoms with Crippen molar-refractivity contribution in [2.75, 3.05) is 0 Å². The monoisotopic (exact) mass is 207 g/mol. The van der Waals surface area contributed by atoms with Crippen molar-refractivity contribution in [2.24, 2.45) is 0 Å². The Kier molecular flexibility index (Phi) is 2.45. The van der Waals surface area contributed by atoms with Crippen molar-refractivity contribution >= 4 is 17.1 Å². The summed E-state index contributed by atoms with van der Waals surface area (Å²) < 4.78 is 4.89. The topological polar surface area (TPSA) is 43.1 Å². The zero-order valence-electron chi connectivity index (χ0n) is 7.69. The zero-order chi connectivity index (χ0) is 9.97. The third-order valence-electron chi connectivity index (χ3n) is 1.85. The predicted molar refractivity (Wildman–Crippen MR) is 53.6 cm³/mol. The molecule has 2 heterocycles. The van der Waals surface area contributed by atoms with Gasteiger partial charge >= 0.3 is 0 Å². The summed E-state index contributed by atoms with van der Waals surface area (Å²) in [4.78, 5) is 15.8. The number of thiazole rings is 1. The highest BCUT2D eigenvalue weighted by atomic mass is 32.1. The first-order valence-corrected chi connectivity index (χ1v) is 5.10. The van der Waals surface area contributed by atoms with Gasteiger partial charge in [0.25, 0.3) is 0 Å². The van der Waals surface area contributed by atoms with Crippen molar-refractivity contribution in [3.8, 4) is 0 Å². The van der Waals surface area contributed by atoms with Gasteiger partial charge in [0.15, 0.2) is 5.78 Å². The van der Waals surface area contributed by atoms with Crippen molar-refractivity contribution < 1.29 is 9.21 Å². The summed E-state index contributed by atoms with van der Waals surface area (Å²) in [6, 6.07) is 1.79. The van der Waals surface area contributed by atoms with Gasteiger partial charge < -0.3 is 4.42 Å². The molecule has 0 aliphatic heterocycles. The lowest BCUT2D eigenvalue weighted by Gasteiger charge is -1.92. The number of hydrogen-bond donors (Lipinski definition) is 0. The van der Waals surface area contributed by atoms with Crippen molar-refractivity contribution in [3.63, 3.8) is 0 Å². The molecule has 0 saturated heterocycles. The highest BCUT2D eigenvalue weighted by Crippen LogP contribution is 2.11. The quantitative estimate of drug-likeness (QED) is 0.726. The second-order valence-corrected chi connectivity index (χ2v) is 4.05. The number of nitrogens with zero attached hydrogens (tertiary/aromatic N) is 1. The second-order valence-electron chi connectivity index (χ2n) is 2.98. The van der Waals surface area contributed by atoms with E-state index in [1.54, 1.807) is 24.0 Å². The molecule has 2 aromatic heterocycles. The van der Waals surface area contributed by atoms with Gasteiger partial charge in [0.1, 0.15) is 5.69 Å². The van der Waals surface area contributed by atoms with E-state index in [1.807, 2.05) is 6.92 Å². The summed E-state index contributed by atoms with van der Waals surface area (Å²) in [6.07, 6.45) is 3.51. The van der Waals surface area contributed by atoms with E-state index >= 15 is 0 Å². The Bertz CT molecular complexity index is 431. The molecule has 0 aromatic carbocycles. The van der Waals surface area contributed by atoms with Crippen LogP contribution in [0.25, 0.3) is 0 Å². The van der Waals surface area contributed by atoms with Crippen LogP contribution in [0.15, 0.2) is 28.4 Å². The minimum absolute atomic E-state index is 0.0377. The Morgan fingerprint density at radius 1 is 1.64 bits per heavy atom. The maximum atomic E-state index is 11.6. The Balaban J connectivity index is 2.10. The van der Waals surface area contributed by atoms with E-state index in [9.17, 15) is 4.79 Å². The first kappa shape index (κ1) is 9.15. The minimum atomic E-state index is 0.0377. The molecule has 2 aromatic rings. The minimum Gasteiger partial charge on any atom is -0.472 e. The third kappa shape index (κ3) is 1.90. The van der Waals surface area contributed by atoms with Crippen LogP contribution in [-0.2, 0) is 6.42 Å². The maximum Gasteiger partial charge on any atom is 0.186 e. The van der Waals surface area contributed by atoms with Crippen molar-refractivity contribution in [1.82, 2.24) is 4.98 Å². The van der Waals surface area contributed by atoms with Crippen LogP contribution in [0.3, 0.4) is 0 Å². The van der Waals surface area contributed by atoms with Crippen LogP contribution in [0.1, 0.15) is 21.1 Å². The Morgan fingerprint density at radius 2 is 2.50 bits per heavy atom. The number of rotatable bonds is 3. The molecule has 3 nitrogen and oxygen atoms in total. The molecule has 72 valence electrons. The number of aryl methyl sites for hydroxylation is 1. The van der Waals surface area contributed by atoms with Gasteiger partial charge in [0.05, 0.1) is 17.5 Å². The smallest absolute Gasteiger partial charge is 0.186 e. The predicted octanol–water partition coefficient (Wildman–Crippen LogP) is 2.47. The van der Waals surface area contributed by atoms with E-state index in [1.165, 1.54) is 11.3 Å². The number of Topliss-reactive ketones (excluding diaryl/α,β-unsaturated/α-hetero) is 1. The number of carbonyl (C=O) groups is 1. The molecule has 0 radical (unpaired) electrons. The molecule has 0 unspecified atom stereocenters. The molecule has 0 N–H and O–H groups in total. The van der Waals surface area contributed by atoms with Gasteiger partial charge in [0, 0.05) is 11.8 Å². The van der Waals surface area contributed by atoms with E-state index in [-0.39, 0.29) is 5.78 Å². The van der Waals surface area contributed by atoms with E-state index in [0.29, 0.717) is 12.1 Å². The molecule has 0 saturated carbocycles. The largest absolute Gasteiger partial charge is 0.472 e. The lowest BCUT2D eigenvalue weighted by atomic mass is 10.1. The lowest BCUT2D eigenvalue weighted by Crippen LogP contribution is -2.02. The molecule has 0 bridgehead atoms. The molecule has 0 spiro atoms. The van der Waals surface area contributed by atoms with Gasteiger partial charge in [-0.05, 0) is 18.6 Å². The van der Waals surface area contributed by atoms with Gasteiger partial charge in [0.2, 0.25) is 0 Å². The van der Waals surface area contributed by atoms with Crippen LogP contribution in [0, 0.1) is 6.92 Å². The fourth-order valence-corrected chi connectivity index (χ4v) is 1.78. The summed E-state index contributed by atoms with van der Waals surface area (Å²) >= 11 is 1.49. The summed E-state index contributed by atoms with van der Waals surface area (Å²) in [5.41, 5.74) is 1.44. The number of carbonyl (C=O) groups excluding carboxylic acids is 1. The molecule has 2 rings (SSSR count). The average Bonchev–Trinajstić information content (AvgIpc) is 2.75. The van der Waals surface area contributed by atoms with Crippen LogP contribution in [0.4, 0.5) is 0 Å². The highest BCUT2D eigenvalue weighted by molar-refractivity contribution is 7.09. The van der Waals surface area contributed by atoms with E-state index in [0.717, 1.165) is 10.6 Å². The number of aromatic nitrogens is 1. The lowest BCUT2D eigenvalue weighted by molar-refractivity contribution is 0.0988. The second kappa shape index (κ2) is 3.75. The average molecular weight is 207 g/mol. The van der Waals surface area contributed by atoms with E-state index < -0.39 is 0 Å². The summed E-state index contributed by atoms with van der Waals surface area (Å²) in [5, 5.41) is 2.71. The first-order chi connectivity index (χ1) is 6.75. The molecule has 0 fully saturated rings. The molecule has 0 aliphatic carbocycles. The summed E-state index contributed by atoms with van der Waals surface area (Å²) in [7, 11) is 0. The Morgan fingerprint density at radius 3 is 3.07 bits per heavy atom. The fraction of sp³-hybridized carbons (Fsp3) is 0.200. The molecule has 14 heavy (non-hydrogen) atoms. The van der Waals surface area contributed by atoms with Gasteiger partial charge in [-0.1, -0.05) is 0 Å². The zero-order valence-corrected chi connectivity index (χ0v) is 8.50. The molecular weight excluding hydrogens is 198 g/mol. The highest BCUT2D eigenvalue weighted by Gasteiger charge is 2.10. The van der Waals surface area contributed by atoms with Gasteiger partial charge in [-0.25, -0.2) is 4.98 Å². The number of hydrogen-bond acceptors (Lipinski definition) is 4. The normalized spacial score (nSPS) is 10.4. The van der Waals surface area contributed by atoms with E-state index in [2.05, 4.69) is 4.98 Å². The Hall–Kier alpha value is -1.42. The van der Waals surface area contributed by atoms with Crippen LogP contribution in [0.2, 0.25) is 0 Å². The SMILES string of the molecule is Cc1nc(C(=O)Cc2ccoc2)cs1. The standard InChI is InChI=1S/C10H9NO2S/c1-7-11-9(6-14-7)10(12)4-8-2-3-13-5-8/h2-3,5-6H,4H2,1H3. The van der Waals surface area contributed by atoms with Gasteiger partial charge in [-0.15, -0.1) is 11.3 Å². The molecular formula is C10H9NO2S. The van der Waals surface area contributed by atoms with E-state index in [4.69, 9.17) is 4.42 Å². The fourth-order valence-electron chi connectivity index (χ4n) is 1.16. The molecule has 0 aliphatic rings.